The van der Waals surface area contributed by atoms with Gasteiger partial charge in [-0.3, -0.25) is 40.5 Å². The molecule has 15 heteroatoms. The summed E-state index contributed by atoms with van der Waals surface area (Å²) < 4.78 is 10.6. The van der Waals surface area contributed by atoms with Crippen LogP contribution in [-0.4, -0.2) is 25.8 Å². The van der Waals surface area contributed by atoms with Crippen LogP contribution in [0.4, 0.5) is 27.5 Å². The SMILES string of the molecule is O=C(Oc1ccc([N+](=O)[O-])cc1Cc1ccccc1[N+](=O)[O-])Oc1ccc([N+](=O)[O-])cc1Cc1ccccc1[N+](=O)[O-]. The topological polar surface area (TPSA) is 208 Å². The molecule has 0 atom stereocenters. The zero-order valence-corrected chi connectivity index (χ0v) is 21.3. The van der Waals surface area contributed by atoms with Gasteiger partial charge in [0.1, 0.15) is 11.5 Å². The van der Waals surface area contributed by atoms with E-state index in [1.165, 1.54) is 36.4 Å². The quantitative estimate of drug-likeness (QED) is 0.0917. The maximum absolute atomic E-state index is 12.9. The van der Waals surface area contributed by atoms with Crippen molar-refractivity contribution >= 4 is 28.9 Å². The molecule has 212 valence electrons. The minimum absolute atomic E-state index is 0.0688. The first-order valence-electron chi connectivity index (χ1n) is 11.9. The first-order valence-corrected chi connectivity index (χ1v) is 11.9. The molecule has 4 aromatic carbocycles. The van der Waals surface area contributed by atoms with Crippen molar-refractivity contribution in [2.45, 2.75) is 12.8 Å². The van der Waals surface area contributed by atoms with Gasteiger partial charge in [0.15, 0.2) is 0 Å². The number of carbonyl (C=O) groups is 1. The molecule has 0 aromatic heterocycles. The highest BCUT2D eigenvalue weighted by molar-refractivity contribution is 5.69. The van der Waals surface area contributed by atoms with Crippen LogP contribution in [0, 0.1) is 40.5 Å². The van der Waals surface area contributed by atoms with Crippen LogP contribution in [0.2, 0.25) is 0 Å². The minimum atomic E-state index is -1.33. The van der Waals surface area contributed by atoms with Gasteiger partial charge >= 0.3 is 6.16 Å². The fraction of sp³-hybridized carbons (Fsp3) is 0.0741. The highest BCUT2D eigenvalue weighted by atomic mass is 16.7. The van der Waals surface area contributed by atoms with Gasteiger partial charge in [0.25, 0.3) is 22.7 Å². The van der Waals surface area contributed by atoms with E-state index in [9.17, 15) is 45.3 Å². The van der Waals surface area contributed by atoms with Gasteiger partial charge in [-0.15, -0.1) is 0 Å². The molecule has 15 nitrogen and oxygen atoms in total. The van der Waals surface area contributed by atoms with E-state index in [2.05, 4.69) is 0 Å². The Hall–Kier alpha value is -6.25. The Morgan fingerprint density at radius 1 is 0.524 bits per heavy atom. The highest BCUT2D eigenvalue weighted by Gasteiger charge is 2.22. The van der Waals surface area contributed by atoms with Gasteiger partial charge in [0, 0.05) is 71.5 Å². The maximum atomic E-state index is 12.9. The number of benzene rings is 4. The molecule has 0 bridgehead atoms. The number of ether oxygens (including phenoxy) is 2. The molecular weight excluding hydrogens is 556 g/mol. The monoisotopic (exact) mass is 574 g/mol. The van der Waals surface area contributed by atoms with Gasteiger partial charge in [0.05, 0.1) is 19.7 Å². The van der Waals surface area contributed by atoms with Crippen LogP contribution in [0.3, 0.4) is 0 Å². The number of para-hydroxylation sites is 2. The zero-order chi connectivity index (χ0) is 30.4. The van der Waals surface area contributed by atoms with Gasteiger partial charge in [0.2, 0.25) is 0 Å². The molecule has 0 unspecified atom stereocenters. The van der Waals surface area contributed by atoms with Crippen molar-refractivity contribution in [2.24, 2.45) is 0 Å². The number of carbonyl (C=O) groups excluding carboxylic acids is 1. The van der Waals surface area contributed by atoms with E-state index in [-0.39, 0.29) is 69.3 Å². The predicted octanol–water partition coefficient (Wildman–Crippen LogP) is 6.08. The van der Waals surface area contributed by atoms with Crippen molar-refractivity contribution in [1.82, 2.24) is 0 Å². The van der Waals surface area contributed by atoms with Crippen molar-refractivity contribution in [3.63, 3.8) is 0 Å². The van der Waals surface area contributed by atoms with Crippen molar-refractivity contribution in [2.75, 3.05) is 0 Å². The summed E-state index contributed by atoms with van der Waals surface area (Å²) in [6.45, 7) is 0. The third-order valence-electron chi connectivity index (χ3n) is 6.03. The van der Waals surface area contributed by atoms with Crippen LogP contribution in [0.1, 0.15) is 22.3 Å². The van der Waals surface area contributed by atoms with Crippen LogP contribution >= 0.6 is 0 Å². The lowest BCUT2D eigenvalue weighted by Crippen LogP contribution is -2.16. The van der Waals surface area contributed by atoms with E-state index in [1.54, 1.807) is 12.1 Å². The third kappa shape index (κ3) is 6.66. The smallest absolute Gasteiger partial charge is 0.394 e. The van der Waals surface area contributed by atoms with E-state index in [0.717, 1.165) is 36.4 Å². The first-order chi connectivity index (χ1) is 20.0. The standard InChI is InChI=1S/C27H18N4O11/c32-27(41-25-11-9-21(28(33)34)15-19(25)13-17-5-1-3-7-23(17)30(37)38)42-26-12-10-22(29(35)36)16-20(26)14-18-6-2-4-8-24(18)31(39)40/h1-12,15-16H,13-14H2. The summed E-state index contributed by atoms with van der Waals surface area (Å²) in [6, 6.07) is 18.0. The van der Waals surface area contributed by atoms with Crippen molar-refractivity contribution in [1.29, 1.82) is 0 Å². The summed E-state index contributed by atoms with van der Waals surface area (Å²) >= 11 is 0. The molecule has 0 spiro atoms. The van der Waals surface area contributed by atoms with Crippen molar-refractivity contribution in [3.05, 3.63) is 148 Å². The van der Waals surface area contributed by atoms with E-state index >= 15 is 0 Å². The van der Waals surface area contributed by atoms with E-state index in [4.69, 9.17) is 9.47 Å². The summed E-state index contributed by atoms with van der Waals surface area (Å²) in [4.78, 5) is 55.9. The number of hydrogen-bond donors (Lipinski definition) is 0. The molecule has 0 N–H and O–H groups in total. The van der Waals surface area contributed by atoms with Gasteiger partial charge in [-0.05, 0) is 12.1 Å². The molecule has 0 amide bonds. The van der Waals surface area contributed by atoms with Gasteiger partial charge in [-0.1, -0.05) is 36.4 Å². The van der Waals surface area contributed by atoms with Crippen molar-refractivity contribution in [3.8, 4) is 11.5 Å². The lowest BCUT2D eigenvalue weighted by atomic mass is 10.0. The maximum Gasteiger partial charge on any atom is 0.519 e. The average molecular weight is 574 g/mol. The second kappa shape index (κ2) is 12.3. The molecule has 42 heavy (non-hydrogen) atoms. The number of non-ortho nitro benzene ring substituents is 2. The predicted molar refractivity (Wildman–Crippen MR) is 145 cm³/mol. The lowest BCUT2D eigenvalue weighted by Gasteiger charge is -2.13. The molecule has 0 saturated carbocycles. The Kier molecular flexibility index (Phi) is 8.41. The van der Waals surface area contributed by atoms with Crippen LogP contribution in [0.15, 0.2) is 84.9 Å². The third-order valence-corrected chi connectivity index (χ3v) is 6.03. The molecule has 0 aliphatic heterocycles. The van der Waals surface area contributed by atoms with Gasteiger partial charge in [-0.25, -0.2) is 4.79 Å². The Balaban J connectivity index is 1.65. The van der Waals surface area contributed by atoms with Crippen LogP contribution in [-0.2, 0) is 12.8 Å². The van der Waals surface area contributed by atoms with E-state index in [0.29, 0.717) is 0 Å². The number of nitro benzene ring substituents is 4. The molecule has 0 saturated heterocycles. The number of nitrogens with zero attached hydrogens (tertiary/aromatic N) is 4. The van der Waals surface area contributed by atoms with Crippen LogP contribution in [0.25, 0.3) is 0 Å². The second-order valence-electron chi connectivity index (χ2n) is 8.68. The fourth-order valence-corrected chi connectivity index (χ4v) is 4.12. The summed E-state index contributed by atoms with van der Waals surface area (Å²) in [5, 5.41) is 45.6. The second-order valence-corrected chi connectivity index (χ2v) is 8.68. The fourth-order valence-electron chi connectivity index (χ4n) is 4.12. The van der Waals surface area contributed by atoms with Crippen LogP contribution in [0.5, 0.6) is 11.5 Å². The Morgan fingerprint density at radius 3 is 1.26 bits per heavy atom. The summed E-state index contributed by atoms with van der Waals surface area (Å²) in [7, 11) is 0. The number of hydrogen-bond acceptors (Lipinski definition) is 11. The summed E-state index contributed by atoms with van der Waals surface area (Å²) in [6.07, 6.45) is -1.74. The molecule has 0 heterocycles. The van der Waals surface area contributed by atoms with Crippen molar-refractivity contribution < 1.29 is 34.0 Å². The van der Waals surface area contributed by atoms with E-state index in [1.807, 2.05) is 0 Å². The summed E-state index contributed by atoms with van der Waals surface area (Å²) in [5.41, 5.74) is -0.672. The zero-order valence-electron chi connectivity index (χ0n) is 21.3. The molecule has 0 fully saturated rings. The molecule has 4 rings (SSSR count). The molecule has 0 aliphatic carbocycles. The molecule has 0 aliphatic rings. The highest BCUT2D eigenvalue weighted by Crippen LogP contribution is 2.32. The minimum Gasteiger partial charge on any atom is -0.394 e. The number of rotatable bonds is 10. The van der Waals surface area contributed by atoms with E-state index < -0.39 is 25.8 Å². The Morgan fingerprint density at radius 2 is 0.905 bits per heavy atom. The lowest BCUT2D eigenvalue weighted by molar-refractivity contribution is -0.385. The van der Waals surface area contributed by atoms with Gasteiger partial charge < -0.3 is 9.47 Å². The normalized spacial score (nSPS) is 10.5. The first kappa shape index (κ1) is 28.8. The van der Waals surface area contributed by atoms with Crippen LogP contribution < -0.4 is 9.47 Å². The molecular formula is C27H18N4O11. The molecule has 0 radical (unpaired) electrons. The summed E-state index contributed by atoms with van der Waals surface area (Å²) in [5.74, 6) is -0.378. The Labute approximate surface area is 235 Å². The molecule has 4 aromatic rings. The van der Waals surface area contributed by atoms with Gasteiger partial charge in [-0.2, -0.15) is 0 Å². The average Bonchev–Trinajstić information content (AvgIpc) is 2.95. The largest absolute Gasteiger partial charge is 0.519 e. The number of nitro groups is 4. The Bertz CT molecular complexity index is 1610.